The van der Waals surface area contributed by atoms with Crippen molar-refractivity contribution in [3.8, 4) is 0 Å². The molecule has 0 aliphatic heterocycles. The molecular formula is C10H18O3. The van der Waals surface area contributed by atoms with E-state index in [4.69, 9.17) is 10.2 Å². The maximum absolute atomic E-state index is 9.60. The van der Waals surface area contributed by atoms with Crippen LogP contribution in [0.25, 0.3) is 0 Å². The van der Waals surface area contributed by atoms with Gasteiger partial charge in [-0.25, -0.2) is 0 Å². The molecule has 1 rings (SSSR count). The van der Waals surface area contributed by atoms with Crippen LogP contribution in [0.1, 0.15) is 46.0 Å². The van der Waals surface area contributed by atoms with Crippen LogP contribution in [0.4, 0.5) is 0 Å². The summed E-state index contributed by atoms with van der Waals surface area (Å²) in [4.78, 5) is 9.60. The van der Waals surface area contributed by atoms with Crippen LogP contribution in [-0.2, 0) is 4.79 Å². The summed E-state index contributed by atoms with van der Waals surface area (Å²) >= 11 is 0. The van der Waals surface area contributed by atoms with Crippen molar-refractivity contribution in [3.05, 3.63) is 11.3 Å². The van der Waals surface area contributed by atoms with Gasteiger partial charge >= 0.3 is 5.97 Å². The van der Waals surface area contributed by atoms with E-state index in [2.05, 4.69) is 0 Å². The van der Waals surface area contributed by atoms with Crippen LogP contribution in [0.3, 0.4) is 0 Å². The van der Waals surface area contributed by atoms with Crippen molar-refractivity contribution < 1.29 is 15.0 Å². The molecule has 2 N–H and O–H groups in total. The number of aliphatic hydroxyl groups excluding tert-OH is 1. The van der Waals surface area contributed by atoms with E-state index in [1.807, 2.05) is 13.8 Å². The molecule has 0 heterocycles. The molecule has 0 amide bonds. The van der Waals surface area contributed by atoms with E-state index in [9.17, 15) is 4.79 Å². The number of carboxylic acid groups (broad SMARTS) is 1. The van der Waals surface area contributed by atoms with Gasteiger partial charge in [0.15, 0.2) is 0 Å². The first kappa shape index (κ1) is 12.0. The number of aliphatic hydroxyl groups is 1. The molecule has 3 heteroatoms. The first-order valence-corrected chi connectivity index (χ1v) is 4.67. The largest absolute Gasteiger partial charge is 0.512 e. The Labute approximate surface area is 79.1 Å². The van der Waals surface area contributed by atoms with Crippen molar-refractivity contribution in [1.29, 1.82) is 0 Å². The fourth-order valence-electron chi connectivity index (χ4n) is 1.09. The van der Waals surface area contributed by atoms with Gasteiger partial charge in [0.2, 0.25) is 0 Å². The maximum atomic E-state index is 9.60. The van der Waals surface area contributed by atoms with Crippen LogP contribution in [0.2, 0.25) is 0 Å². The average Bonchev–Trinajstić information content (AvgIpc) is 2.37. The Hall–Kier alpha value is -0.990. The summed E-state index contributed by atoms with van der Waals surface area (Å²) in [6.45, 7) is 3.83. The van der Waals surface area contributed by atoms with Gasteiger partial charge in [0, 0.05) is 12.8 Å². The van der Waals surface area contributed by atoms with Crippen LogP contribution in [0.5, 0.6) is 0 Å². The number of hydrogen-bond acceptors (Lipinski definition) is 2. The summed E-state index contributed by atoms with van der Waals surface area (Å²) in [6.07, 6.45) is 4.19. The summed E-state index contributed by atoms with van der Waals surface area (Å²) in [6, 6.07) is 0. The van der Waals surface area contributed by atoms with Crippen LogP contribution < -0.4 is 0 Å². The van der Waals surface area contributed by atoms with Crippen LogP contribution in [0, 0.1) is 0 Å². The van der Waals surface area contributed by atoms with Gasteiger partial charge in [-0.1, -0.05) is 6.92 Å². The average molecular weight is 186 g/mol. The molecule has 0 saturated heterocycles. The van der Waals surface area contributed by atoms with E-state index in [1.54, 1.807) is 0 Å². The normalized spacial score (nSPS) is 15.2. The molecule has 3 nitrogen and oxygen atoms in total. The smallest absolute Gasteiger partial charge is 0.303 e. The van der Waals surface area contributed by atoms with E-state index >= 15 is 0 Å². The predicted octanol–water partition coefficient (Wildman–Crippen LogP) is 2.87. The van der Waals surface area contributed by atoms with E-state index < -0.39 is 5.97 Å². The van der Waals surface area contributed by atoms with E-state index in [-0.39, 0.29) is 0 Å². The summed E-state index contributed by atoms with van der Waals surface area (Å²) in [5.74, 6) is -0.0856. The van der Waals surface area contributed by atoms with Gasteiger partial charge in [-0.05, 0) is 31.8 Å². The molecule has 0 aromatic heterocycles. The molecular weight excluding hydrogens is 168 g/mol. The lowest BCUT2D eigenvalue weighted by Gasteiger charge is -1.86. The molecule has 0 radical (unpaired) electrons. The minimum absolute atomic E-state index is 0.292. The Morgan fingerprint density at radius 3 is 2.15 bits per heavy atom. The molecule has 0 spiro atoms. The van der Waals surface area contributed by atoms with Crippen molar-refractivity contribution in [2.45, 2.75) is 46.0 Å². The lowest BCUT2D eigenvalue weighted by Crippen LogP contribution is -1.90. The van der Waals surface area contributed by atoms with Crippen molar-refractivity contribution in [1.82, 2.24) is 0 Å². The summed E-state index contributed by atoms with van der Waals surface area (Å²) in [7, 11) is 0. The van der Waals surface area contributed by atoms with Gasteiger partial charge in [-0.2, -0.15) is 0 Å². The summed E-state index contributed by atoms with van der Waals surface area (Å²) in [5, 5.41) is 16.8. The lowest BCUT2D eigenvalue weighted by atomic mass is 10.3. The summed E-state index contributed by atoms with van der Waals surface area (Å²) in [5.41, 5.74) is 1.18. The second-order valence-corrected chi connectivity index (χ2v) is 3.22. The van der Waals surface area contributed by atoms with Gasteiger partial charge < -0.3 is 10.2 Å². The molecule has 76 valence electrons. The van der Waals surface area contributed by atoms with Gasteiger partial charge in [-0.15, -0.1) is 0 Å². The Balaban J connectivity index is 0.000000226. The standard InChI is InChI=1S/C6H10O.C4H8O2/c1-5-3-2-4-6(5)7;1-2-3-4(5)6/h7H,2-4H2,1H3;2-3H2,1H3,(H,5,6). The molecule has 1 aliphatic carbocycles. The molecule has 0 atom stereocenters. The molecule has 0 unspecified atom stereocenters. The number of rotatable bonds is 2. The van der Waals surface area contributed by atoms with Crippen molar-refractivity contribution in [3.63, 3.8) is 0 Å². The highest BCUT2D eigenvalue weighted by molar-refractivity contribution is 5.66. The highest BCUT2D eigenvalue weighted by Crippen LogP contribution is 2.22. The van der Waals surface area contributed by atoms with Gasteiger partial charge in [0.25, 0.3) is 0 Å². The van der Waals surface area contributed by atoms with Gasteiger partial charge in [0.05, 0.1) is 5.76 Å². The third-order valence-corrected chi connectivity index (χ3v) is 1.92. The molecule has 13 heavy (non-hydrogen) atoms. The van der Waals surface area contributed by atoms with E-state index in [0.717, 1.165) is 25.7 Å². The predicted molar refractivity (Wildman–Crippen MR) is 51.7 cm³/mol. The Morgan fingerprint density at radius 1 is 1.46 bits per heavy atom. The van der Waals surface area contributed by atoms with Crippen molar-refractivity contribution in [2.24, 2.45) is 0 Å². The van der Waals surface area contributed by atoms with E-state index in [1.165, 1.54) is 5.57 Å². The number of carbonyl (C=O) groups is 1. The fraction of sp³-hybridized carbons (Fsp3) is 0.700. The lowest BCUT2D eigenvalue weighted by molar-refractivity contribution is -0.137. The highest BCUT2D eigenvalue weighted by Gasteiger charge is 2.06. The Bertz CT molecular complexity index is 182. The first-order valence-electron chi connectivity index (χ1n) is 4.67. The molecule has 0 saturated carbocycles. The number of allylic oxidation sites excluding steroid dienone is 2. The summed E-state index contributed by atoms with van der Waals surface area (Å²) < 4.78 is 0. The van der Waals surface area contributed by atoms with Gasteiger partial charge in [0.1, 0.15) is 0 Å². The zero-order valence-electron chi connectivity index (χ0n) is 8.34. The minimum atomic E-state index is -0.711. The molecule has 0 fully saturated rings. The third-order valence-electron chi connectivity index (χ3n) is 1.92. The number of aliphatic carboxylic acids is 1. The quantitative estimate of drug-likeness (QED) is 0.697. The Morgan fingerprint density at radius 2 is 2.08 bits per heavy atom. The molecule has 0 aromatic carbocycles. The van der Waals surface area contributed by atoms with Crippen molar-refractivity contribution in [2.75, 3.05) is 0 Å². The second-order valence-electron chi connectivity index (χ2n) is 3.22. The third kappa shape index (κ3) is 6.20. The maximum Gasteiger partial charge on any atom is 0.303 e. The van der Waals surface area contributed by atoms with E-state index in [0.29, 0.717) is 12.2 Å². The topological polar surface area (TPSA) is 57.5 Å². The minimum Gasteiger partial charge on any atom is -0.512 e. The monoisotopic (exact) mass is 186 g/mol. The SMILES string of the molecule is CC1=C(O)CCC1.CCCC(=O)O. The number of hydrogen-bond donors (Lipinski definition) is 2. The highest BCUT2D eigenvalue weighted by atomic mass is 16.4. The second kappa shape index (κ2) is 6.52. The van der Waals surface area contributed by atoms with Crippen LogP contribution in [0.15, 0.2) is 11.3 Å². The molecule has 1 aliphatic rings. The van der Waals surface area contributed by atoms with Crippen LogP contribution in [-0.4, -0.2) is 16.2 Å². The first-order chi connectivity index (χ1) is 6.07. The van der Waals surface area contributed by atoms with Crippen LogP contribution >= 0.6 is 0 Å². The zero-order valence-corrected chi connectivity index (χ0v) is 8.34. The molecule has 0 aromatic rings. The van der Waals surface area contributed by atoms with Gasteiger partial charge in [-0.3, -0.25) is 4.79 Å². The fourth-order valence-corrected chi connectivity index (χ4v) is 1.09. The number of carboxylic acids is 1. The zero-order chi connectivity index (χ0) is 10.3. The Kier molecular flexibility index (Phi) is 6.02. The van der Waals surface area contributed by atoms with Crippen molar-refractivity contribution >= 4 is 5.97 Å². The molecule has 0 bridgehead atoms.